The summed E-state index contributed by atoms with van der Waals surface area (Å²) in [6.45, 7) is 0.104. The number of aryl methyl sites for hydroxylation is 1. The first-order valence-corrected chi connectivity index (χ1v) is 7.71. The maximum atomic E-state index is 14.0. The summed E-state index contributed by atoms with van der Waals surface area (Å²) in [5.41, 5.74) is 6.69. The number of pyridine rings is 2. The second-order valence-corrected chi connectivity index (χ2v) is 5.58. The Morgan fingerprint density at radius 2 is 2.23 bits per heavy atom. The molecule has 8 heteroatoms. The number of aromatic nitrogens is 3. The summed E-state index contributed by atoms with van der Waals surface area (Å²) in [7, 11) is 0. The highest BCUT2D eigenvalue weighted by molar-refractivity contribution is 5.95. The zero-order chi connectivity index (χ0) is 18.7. The number of nitrogens with zero attached hydrogens (tertiary/aromatic N) is 3. The standard InChI is InChI=1S/C18H14FN5O2/c19-15-7-13(10-24(18(15)26)5-1-4-20)12-6-14-11(2-3-16(21)25)8-22-17(14)23-9-12/h2-3,6-10H,1,5H2,(H2,21,25)(H,22,23). The number of nitrogens with two attached hydrogens (primary N) is 1. The number of H-pyrrole nitrogens is 1. The maximum Gasteiger partial charge on any atom is 0.286 e. The summed E-state index contributed by atoms with van der Waals surface area (Å²) >= 11 is 0. The van der Waals surface area contributed by atoms with E-state index in [0.29, 0.717) is 22.3 Å². The van der Waals surface area contributed by atoms with Crippen molar-refractivity contribution in [3.05, 3.63) is 58.5 Å². The number of carbonyl (C=O) groups excluding carboxylic acids is 1. The predicted octanol–water partition coefficient (Wildman–Crippen LogP) is 1.94. The van der Waals surface area contributed by atoms with Gasteiger partial charge >= 0.3 is 0 Å². The Bertz CT molecular complexity index is 1120. The minimum absolute atomic E-state index is 0.0972. The van der Waals surface area contributed by atoms with Gasteiger partial charge in [0.25, 0.3) is 5.56 Å². The van der Waals surface area contributed by atoms with Gasteiger partial charge in [0.2, 0.25) is 5.91 Å². The van der Waals surface area contributed by atoms with Gasteiger partial charge in [-0.1, -0.05) is 0 Å². The van der Waals surface area contributed by atoms with Crippen molar-refractivity contribution in [1.29, 1.82) is 5.26 Å². The van der Waals surface area contributed by atoms with Crippen molar-refractivity contribution >= 4 is 23.0 Å². The van der Waals surface area contributed by atoms with E-state index in [1.165, 1.54) is 16.8 Å². The average molecular weight is 351 g/mol. The number of hydrogen-bond donors (Lipinski definition) is 2. The number of nitriles is 1. The molecule has 0 atom stereocenters. The molecule has 0 saturated carbocycles. The second-order valence-electron chi connectivity index (χ2n) is 5.58. The van der Waals surface area contributed by atoms with Crippen LogP contribution in [-0.2, 0) is 11.3 Å². The van der Waals surface area contributed by atoms with Gasteiger partial charge in [-0.15, -0.1) is 0 Å². The lowest BCUT2D eigenvalue weighted by molar-refractivity contribution is -0.113. The van der Waals surface area contributed by atoms with E-state index in [4.69, 9.17) is 11.0 Å². The van der Waals surface area contributed by atoms with E-state index < -0.39 is 17.3 Å². The monoisotopic (exact) mass is 351 g/mol. The number of hydrogen-bond acceptors (Lipinski definition) is 4. The molecule has 1 amide bonds. The van der Waals surface area contributed by atoms with Crippen molar-refractivity contribution in [3.63, 3.8) is 0 Å². The fourth-order valence-corrected chi connectivity index (χ4v) is 2.59. The summed E-state index contributed by atoms with van der Waals surface area (Å²) < 4.78 is 15.2. The van der Waals surface area contributed by atoms with Gasteiger partial charge in [0.05, 0.1) is 12.5 Å². The third-order valence-electron chi connectivity index (χ3n) is 3.83. The minimum Gasteiger partial charge on any atom is -0.366 e. The zero-order valence-electron chi connectivity index (χ0n) is 13.6. The van der Waals surface area contributed by atoms with Crippen LogP contribution in [-0.4, -0.2) is 20.4 Å². The molecule has 3 aromatic rings. The molecule has 3 heterocycles. The minimum atomic E-state index is -0.900. The molecule has 26 heavy (non-hydrogen) atoms. The summed E-state index contributed by atoms with van der Waals surface area (Å²) in [5, 5.41) is 9.39. The Balaban J connectivity index is 2.09. The molecule has 0 spiro atoms. The number of amides is 1. The van der Waals surface area contributed by atoms with Crippen molar-refractivity contribution < 1.29 is 9.18 Å². The molecule has 0 fully saturated rings. The van der Waals surface area contributed by atoms with Gasteiger partial charge in [-0.3, -0.25) is 9.59 Å². The summed E-state index contributed by atoms with van der Waals surface area (Å²) in [6, 6.07) is 4.84. The molecular formula is C18H14FN5O2. The van der Waals surface area contributed by atoms with Crippen LogP contribution in [0.2, 0.25) is 0 Å². The number of aromatic amines is 1. The lowest BCUT2D eigenvalue weighted by Gasteiger charge is -2.08. The summed E-state index contributed by atoms with van der Waals surface area (Å²) in [5.74, 6) is -1.47. The fraction of sp³-hybridized carbons (Fsp3) is 0.111. The lowest BCUT2D eigenvalue weighted by Crippen LogP contribution is -2.22. The van der Waals surface area contributed by atoms with Gasteiger partial charge in [-0.05, 0) is 18.2 Å². The van der Waals surface area contributed by atoms with E-state index in [9.17, 15) is 14.0 Å². The Kier molecular flexibility index (Phi) is 4.62. The smallest absolute Gasteiger partial charge is 0.286 e. The van der Waals surface area contributed by atoms with Gasteiger partial charge in [0, 0.05) is 53.3 Å². The fourth-order valence-electron chi connectivity index (χ4n) is 2.59. The van der Waals surface area contributed by atoms with Crippen LogP contribution in [0.1, 0.15) is 12.0 Å². The van der Waals surface area contributed by atoms with Crippen LogP contribution >= 0.6 is 0 Å². The van der Waals surface area contributed by atoms with Crippen molar-refractivity contribution in [2.45, 2.75) is 13.0 Å². The third kappa shape index (κ3) is 3.37. The quantitative estimate of drug-likeness (QED) is 0.683. The van der Waals surface area contributed by atoms with Crippen LogP contribution in [0.4, 0.5) is 4.39 Å². The molecule has 130 valence electrons. The number of rotatable bonds is 5. The molecule has 0 saturated heterocycles. The lowest BCUT2D eigenvalue weighted by atomic mass is 10.1. The highest BCUT2D eigenvalue weighted by Crippen LogP contribution is 2.25. The molecule has 0 aliphatic rings. The topological polar surface area (TPSA) is 118 Å². The molecule has 3 N–H and O–H groups in total. The Morgan fingerprint density at radius 3 is 2.96 bits per heavy atom. The molecule has 0 radical (unpaired) electrons. The maximum absolute atomic E-state index is 14.0. The van der Waals surface area contributed by atoms with Gasteiger partial charge in [-0.25, -0.2) is 9.37 Å². The Labute approximate surface area is 147 Å². The van der Waals surface area contributed by atoms with Crippen LogP contribution in [0.5, 0.6) is 0 Å². The first kappa shape index (κ1) is 17.1. The van der Waals surface area contributed by atoms with Gasteiger partial charge in [0.15, 0.2) is 5.82 Å². The molecule has 3 aromatic heterocycles. The van der Waals surface area contributed by atoms with E-state index >= 15 is 0 Å². The van der Waals surface area contributed by atoms with Crippen LogP contribution < -0.4 is 11.3 Å². The van der Waals surface area contributed by atoms with Crippen LogP contribution in [0.3, 0.4) is 0 Å². The normalized spacial score (nSPS) is 11.1. The third-order valence-corrected chi connectivity index (χ3v) is 3.83. The van der Waals surface area contributed by atoms with Gasteiger partial charge in [0.1, 0.15) is 5.65 Å². The van der Waals surface area contributed by atoms with Crippen molar-refractivity contribution in [2.75, 3.05) is 0 Å². The second kappa shape index (κ2) is 7.03. The molecule has 0 aromatic carbocycles. The Morgan fingerprint density at radius 1 is 1.42 bits per heavy atom. The highest BCUT2D eigenvalue weighted by Gasteiger charge is 2.10. The molecule has 3 rings (SSSR count). The number of nitrogens with one attached hydrogen (secondary N) is 1. The number of halogens is 1. The van der Waals surface area contributed by atoms with Gasteiger partial charge < -0.3 is 15.3 Å². The van der Waals surface area contributed by atoms with Crippen molar-refractivity contribution in [2.24, 2.45) is 5.73 Å². The Hall–Kier alpha value is -3.73. The first-order chi connectivity index (χ1) is 12.5. The molecule has 0 bridgehead atoms. The zero-order valence-corrected chi connectivity index (χ0v) is 13.6. The van der Waals surface area contributed by atoms with E-state index in [2.05, 4.69) is 9.97 Å². The van der Waals surface area contributed by atoms with Gasteiger partial charge in [-0.2, -0.15) is 5.26 Å². The number of fused-ring (bicyclic) bond motifs is 1. The molecule has 7 nitrogen and oxygen atoms in total. The molecular weight excluding hydrogens is 337 g/mol. The van der Waals surface area contributed by atoms with Crippen LogP contribution in [0.25, 0.3) is 28.2 Å². The molecule has 0 aliphatic carbocycles. The summed E-state index contributed by atoms with van der Waals surface area (Å²) in [4.78, 5) is 30.0. The van der Waals surface area contributed by atoms with Crippen molar-refractivity contribution in [3.8, 4) is 17.2 Å². The first-order valence-electron chi connectivity index (χ1n) is 7.71. The SMILES string of the molecule is N#CCCn1cc(-c2cnc3[nH]cc(C=CC(N)=O)c3c2)cc(F)c1=O. The number of carbonyl (C=O) groups is 1. The predicted molar refractivity (Wildman–Crippen MR) is 94.2 cm³/mol. The van der Waals surface area contributed by atoms with Crippen LogP contribution in [0, 0.1) is 17.1 Å². The van der Waals surface area contributed by atoms with E-state index in [1.807, 2.05) is 6.07 Å². The largest absolute Gasteiger partial charge is 0.366 e. The highest BCUT2D eigenvalue weighted by atomic mass is 19.1. The van der Waals surface area contributed by atoms with E-state index in [0.717, 1.165) is 11.5 Å². The summed E-state index contributed by atoms with van der Waals surface area (Å²) in [6.07, 6.45) is 7.61. The average Bonchev–Trinajstić information content (AvgIpc) is 3.03. The van der Waals surface area contributed by atoms with E-state index in [1.54, 1.807) is 24.5 Å². The van der Waals surface area contributed by atoms with Crippen molar-refractivity contribution in [1.82, 2.24) is 14.5 Å². The van der Waals surface area contributed by atoms with Crippen LogP contribution in [0.15, 0.2) is 41.6 Å². The number of primary amides is 1. The molecule has 0 unspecified atom stereocenters. The molecule has 0 aliphatic heterocycles. The van der Waals surface area contributed by atoms with E-state index in [-0.39, 0.29) is 13.0 Å².